The molecule has 0 saturated carbocycles. The summed E-state index contributed by atoms with van der Waals surface area (Å²) in [4.78, 5) is 24.0. The number of aryl methyl sites for hydroxylation is 2. The van der Waals surface area contributed by atoms with Crippen LogP contribution in [0.2, 0.25) is 0 Å². The van der Waals surface area contributed by atoms with Crippen LogP contribution >= 0.6 is 15.9 Å². The predicted octanol–water partition coefficient (Wildman–Crippen LogP) is 1.69. The van der Waals surface area contributed by atoms with Crippen LogP contribution in [-0.4, -0.2) is 23.5 Å². The number of sulfonamides is 1. The highest BCUT2D eigenvalue weighted by Gasteiger charge is 2.20. The van der Waals surface area contributed by atoms with E-state index in [1.54, 1.807) is 44.4 Å². The average molecular weight is 438 g/mol. The fraction of sp³-hybridized carbons (Fsp3) is 0.176. The van der Waals surface area contributed by atoms with Crippen LogP contribution in [0.5, 0.6) is 0 Å². The lowest BCUT2D eigenvalue weighted by atomic mass is 10.1. The second-order valence-corrected chi connectivity index (χ2v) is 8.48. The highest BCUT2D eigenvalue weighted by molar-refractivity contribution is 9.10. The Balaban J connectivity index is 1.86. The summed E-state index contributed by atoms with van der Waals surface area (Å²) < 4.78 is 30.7. The zero-order valence-corrected chi connectivity index (χ0v) is 16.5. The van der Waals surface area contributed by atoms with Gasteiger partial charge in [-0.2, -0.15) is 0 Å². The lowest BCUT2D eigenvalue weighted by Crippen LogP contribution is -2.31. The van der Waals surface area contributed by atoms with Crippen LogP contribution in [0.3, 0.4) is 0 Å². The molecule has 0 aliphatic carbocycles. The van der Waals surface area contributed by atoms with Crippen molar-refractivity contribution in [3.05, 3.63) is 63.0 Å². The molecule has 26 heavy (non-hydrogen) atoms. The van der Waals surface area contributed by atoms with E-state index in [-0.39, 0.29) is 17.0 Å². The fourth-order valence-corrected chi connectivity index (χ4v) is 3.95. The standard InChI is InChI=1S/C17H16BrN3O4S/c1-20-14-8-7-13(10-15(14)21(2)17(20)23)26(24,25)19-16(22)9-11-3-5-12(18)6-4-11/h3-8,10H,9H2,1-2H3,(H,19,22). The minimum absolute atomic E-state index is 0.0570. The Kier molecular flexibility index (Phi) is 4.76. The van der Waals surface area contributed by atoms with Gasteiger partial charge in [-0.1, -0.05) is 28.1 Å². The highest BCUT2D eigenvalue weighted by Crippen LogP contribution is 2.18. The van der Waals surface area contributed by atoms with Crippen molar-refractivity contribution in [1.82, 2.24) is 13.9 Å². The van der Waals surface area contributed by atoms with Crippen molar-refractivity contribution >= 4 is 42.9 Å². The first-order valence-electron chi connectivity index (χ1n) is 7.64. The Bertz CT molecular complexity index is 1160. The van der Waals surface area contributed by atoms with Crippen molar-refractivity contribution in [3.8, 4) is 0 Å². The Labute approximate surface area is 158 Å². The van der Waals surface area contributed by atoms with Crippen molar-refractivity contribution in [2.24, 2.45) is 14.1 Å². The Hall–Kier alpha value is -2.39. The molecule has 0 fully saturated rings. The summed E-state index contributed by atoms with van der Waals surface area (Å²) in [6, 6.07) is 11.3. The van der Waals surface area contributed by atoms with Gasteiger partial charge in [0.05, 0.1) is 22.3 Å². The van der Waals surface area contributed by atoms with Gasteiger partial charge in [-0.05, 0) is 35.9 Å². The summed E-state index contributed by atoms with van der Waals surface area (Å²) in [6.45, 7) is 0. The number of aromatic nitrogens is 2. The molecule has 1 aromatic heterocycles. The minimum atomic E-state index is -4.03. The topological polar surface area (TPSA) is 90.2 Å². The molecule has 0 unspecified atom stereocenters. The van der Waals surface area contributed by atoms with Gasteiger partial charge in [-0.3, -0.25) is 13.9 Å². The molecule has 3 rings (SSSR count). The number of nitrogens with zero attached hydrogens (tertiary/aromatic N) is 2. The molecule has 0 spiro atoms. The summed E-state index contributed by atoms with van der Waals surface area (Å²) in [5.74, 6) is -0.630. The third kappa shape index (κ3) is 3.45. The van der Waals surface area contributed by atoms with Crippen LogP contribution < -0.4 is 10.4 Å². The van der Waals surface area contributed by atoms with E-state index < -0.39 is 15.9 Å². The van der Waals surface area contributed by atoms with Gasteiger partial charge in [0.2, 0.25) is 5.91 Å². The maximum atomic E-state index is 12.5. The number of carbonyl (C=O) groups excluding carboxylic acids is 1. The van der Waals surface area contributed by atoms with E-state index in [1.807, 2.05) is 0 Å². The molecule has 0 saturated heterocycles. The number of benzene rings is 2. The average Bonchev–Trinajstić information content (AvgIpc) is 2.81. The molecule has 2 aromatic carbocycles. The normalized spacial score (nSPS) is 11.7. The lowest BCUT2D eigenvalue weighted by Gasteiger charge is -2.08. The van der Waals surface area contributed by atoms with Gasteiger partial charge in [0, 0.05) is 18.6 Å². The molecule has 3 aromatic rings. The molecule has 1 N–H and O–H groups in total. The molecule has 9 heteroatoms. The highest BCUT2D eigenvalue weighted by atomic mass is 79.9. The minimum Gasteiger partial charge on any atom is -0.295 e. The number of fused-ring (bicyclic) bond motifs is 1. The molecule has 1 heterocycles. The number of amides is 1. The van der Waals surface area contributed by atoms with Crippen LogP contribution in [0.25, 0.3) is 11.0 Å². The van der Waals surface area contributed by atoms with Crippen molar-refractivity contribution < 1.29 is 13.2 Å². The lowest BCUT2D eigenvalue weighted by molar-refractivity contribution is -0.118. The smallest absolute Gasteiger partial charge is 0.295 e. The van der Waals surface area contributed by atoms with Gasteiger partial charge in [-0.15, -0.1) is 0 Å². The van der Waals surface area contributed by atoms with Crippen LogP contribution in [0.15, 0.2) is 56.6 Å². The van der Waals surface area contributed by atoms with Crippen LogP contribution in [0, 0.1) is 0 Å². The maximum Gasteiger partial charge on any atom is 0.328 e. The number of halogens is 1. The van der Waals surface area contributed by atoms with E-state index in [2.05, 4.69) is 20.7 Å². The largest absolute Gasteiger partial charge is 0.328 e. The van der Waals surface area contributed by atoms with Gasteiger partial charge in [0.15, 0.2) is 0 Å². The molecule has 1 amide bonds. The van der Waals surface area contributed by atoms with E-state index in [9.17, 15) is 18.0 Å². The predicted molar refractivity (Wildman–Crippen MR) is 101 cm³/mol. The van der Waals surface area contributed by atoms with Crippen molar-refractivity contribution in [3.63, 3.8) is 0 Å². The van der Waals surface area contributed by atoms with Crippen molar-refractivity contribution in [1.29, 1.82) is 0 Å². The summed E-state index contributed by atoms with van der Waals surface area (Å²) in [6.07, 6.45) is -0.0570. The molecular weight excluding hydrogens is 422 g/mol. The second-order valence-electron chi connectivity index (χ2n) is 5.88. The summed E-state index contributed by atoms with van der Waals surface area (Å²) in [5.41, 5.74) is 1.52. The summed E-state index contributed by atoms with van der Waals surface area (Å²) in [7, 11) is -0.860. The van der Waals surface area contributed by atoms with Gasteiger partial charge in [0.25, 0.3) is 10.0 Å². The van der Waals surface area contributed by atoms with E-state index in [0.717, 1.165) is 4.47 Å². The second kappa shape index (κ2) is 6.73. The summed E-state index contributed by atoms with van der Waals surface area (Å²) in [5, 5.41) is 0. The molecule has 0 atom stereocenters. The van der Waals surface area contributed by atoms with Crippen LogP contribution in [-0.2, 0) is 35.3 Å². The summed E-state index contributed by atoms with van der Waals surface area (Å²) >= 11 is 3.30. The SMILES string of the molecule is Cn1c(=O)n(C)c2cc(S(=O)(=O)NC(=O)Cc3ccc(Br)cc3)ccc21. The van der Waals surface area contributed by atoms with Crippen LogP contribution in [0.1, 0.15) is 5.56 Å². The van der Waals surface area contributed by atoms with E-state index in [4.69, 9.17) is 0 Å². The molecule has 0 radical (unpaired) electrons. The zero-order chi connectivity index (χ0) is 19.1. The number of nitrogens with one attached hydrogen (secondary N) is 1. The number of hydrogen-bond acceptors (Lipinski definition) is 4. The quantitative estimate of drug-likeness (QED) is 0.672. The molecule has 0 bridgehead atoms. The van der Waals surface area contributed by atoms with Gasteiger partial charge in [0.1, 0.15) is 0 Å². The number of imidazole rings is 1. The first kappa shape index (κ1) is 18.4. The van der Waals surface area contributed by atoms with Crippen LogP contribution in [0.4, 0.5) is 0 Å². The van der Waals surface area contributed by atoms with Crippen molar-refractivity contribution in [2.45, 2.75) is 11.3 Å². The third-order valence-corrected chi connectivity index (χ3v) is 5.98. The van der Waals surface area contributed by atoms with E-state index >= 15 is 0 Å². The fourth-order valence-electron chi connectivity index (χ4n) is 2.69. The zero-order valence-electron chi connectivity index (χ0n) is 14.1. The van der Waals surface area contributed by atoms with Gasteiger partial charge >= 0.3 is 5.69 Å². The molecular formula is C17H16BrN3O4S. The molecule has 0 aliphatic heterocycles. The Morgan fingerprint density at radius 1 is 1.04 bits per heavy atom. The number of carbonyl (C=O) groups is 1. The van der Waals surface area contributed by atoms with E-state index in [0.29, 0.717) is 16.6 Å². The van der Waals surface area contributed by atoms with Gasteiger partial charge < -0.3 is 0 Å². The third-order valence-electron chi connectivity index (χ3n) is 4.08. The Morgan fingerprint density at radius 2 is 1.65 bits per heavy atom. The Morgan fingerprint density at radius 3 is 2.31 bits per heavy atom. The van der Waals surface area contributed by atoms with Crippen molar-refractivity contribution in [2.75, 3.05) is 0 Å². The monoisotopic (exact) mass is 437 g/mol. The first-order chi connectivity index (χ1) is 12.2. The number of hydrogen-bond donors (Lipinski definition) is 1. The number of rotatable bonds is 4. The first-order valence-corrected chi connectivity index (χ1v) is 9.92. The van der Waals surface area contributed by atoms with E-state index in [1.165, 1.54) is 21.3 Å². The maximum absolute atomic E-state index is 12.5. The molecule has 0 aliphatic rings. The molecule has 7 nitrogen and oxygen atoms in total. The molecule has 136 valence electrons. The van der Waals surface area contributed by atoms with Gasteiger partial charge in [-0.25, -0.2) is 17.9 Å².